The molecule has 146 valence electrons. The molecular formula is C23H27N3O2. The van der Waals surface area contributed by atoms with Crippen molar-refractivity contribution in [3.05, 3.63) is 83.2 Å². The summed E-state index contributed by atoms with van der Waals surface area (Å²) in [7, 11) is 1.60. The minimum Gasteiger partial charge on any atom is -0.487 e. The van der Waals surface area contributed by atoms with Crippen LogP contribution in [0.1, 0.15) is 22.3 Å². The van der Waals surface area contributed by atoms with Crippen molar-refractivity contribution in [1.29, 1.82) is 0 Å². The number of ether oxygens (including phenoxy) is 1. The Kier molecular flexibility index (Phi) is 6.37. The van der Waals surface area contributed by atoms with E-state index >= 15 is 0 Å². The molecular weight excluding hydrogens is 350 g/mol. The second kappa shape index (κ2) is 9.13. The number of benzene rings is 2. The van der Waals surface area contributed by atoms with Gasteiger partial charge in [0.25, 0.3) is 0 Å². The topological polar surface area (TPSA) is 55.3 Å². The highest BCUT2D eigenvalue weighted by Crippen LogP contribution is 2.27. The predicted octanol–water partition coefficient (Wildman–Crippen LogP) is 4.68. The molecule has 5 nitrogen and oxygen atoms in total. The molecule has 3 rings (SSSR count). The molecule has 2 amide bonds. The molecule has 0 aliphatic heterocycles. The zero-order chi connectivity index (χ0) is 19.9. The third-order valence-electron chi connectivity index (χ3n) is 4.76. The fourth-order valence-corrected chi connectivity index (χ4v) is 3.00. The van der Waals surface area contributed by atoms with E-state index < -0.39 is 0 Å². The van der Waals surface area contributed by atoms with Gasteiger partial charge in [-0.05, 0) is 54.7 Å². The normalized spacial score (nSPS) is 10.5. The number of nitrogens with zero attached hydrogens (tertiary/aromatic N) is 1. The summed E-state index contributed by atoms with van der Waals surface area (Å²) in [5.74, 6) is 0.656. The first kappa shape index (κ1) is 19.5. The van der Waals surface area contributed by atoms with E-state index in [0.717, 1.165) is 24.1 Å². The molecule has 1 heterocycles. The van der Waals surface area contributed by atoms with Crippen molar-refractivity contribution in [2.45, 2.75) is 33.4 Å². The Morgan fingerprint density at radius 1 is 1.00 bits per heavy atom. The summed E-state index contributed by atoms with van der Waals surface area (Å²) < 4.78 is 8.16. The molecule has 2 N–H and O–H groups in total. The van der Waals surface area contributed by atoms with Crippen molar-refractivity contribution in [3.8, 4) is 5.75 Å². The van der Waals surface area contributed by atoms with Crippen molar-refractivity contribution in [3.63, 3.8) is 0 Å². The van der Waals surface area contributed by atoms with Gasteiger partial charge in [-0.25, -0.2) is 4.79 Å². The fraction of sp³-hybridized carbons (Fsp3) is 0.261. The maximum absolute atomic E-state index is 11.9. The maximum atomic E-state index is 11.9. The number of amides is 2. The minimum absolute atomic E-state index is 0.265. The van der Waals surface area contributed by atoms with Crippen LogP contribution < -0.4 is 15.4 Å². The summed E-state index contributed by atoms with van der Waals surface area (Å²) in [4.78, 5) is 11.9. The highest BCUT2D eigenvalue weighted by Gasteiger charge is 2.09. The van der Waals surface area contributed by atoms with Gasteiger partial charge in [0.15, 0.2) is 0 Å². The largest absolute Gasteiger partial charge is 0.487 e. The molecule has 0 bridgehead atoms. The molecule has 2 aromatic carbocycles. The van der Waals surface area contributed by atoms with E-state index in [1.807, 2.05) is 42.5 Å². The van der Waals surface area contributed by atoms with Crippen molar-refractivity contribution in [1.82, 2.24) is 9.88 Å². The Morgan fingerprint density at radius 2 is 1.71 bits per heavy atom. The Balaban J connectivity index is 1.73. The molecule has 3 aromatic rings. The summed E-state index contributed by atoms with van der Waals surface area (Å²) in [6, 6.07) is 15.7. The molecule has 0 aliphatic rings. The summed E-state index contributed by atoms with van der Waals surface area (Å²) in [5.41, 5.74) is 5.49. The minimum atomic E-state index is -0.265. The van der Waals surface area contributed by atoms with E-state index in [9.17, 15) is 4.79 Å². The van der Waals surface area contributed by atoms with Gasteiger partial charge in [0.2, 0.25) is 0 Å². The van der Waals surface area contributed by atoms with Gasteiger partial charge in [0, 0.05) is 26.0 Å². The summed E-state index contributed by atoms with van der Waals surface area (Å²) in [6.07, 6.45) is 5.20. The highest BCUT2D eigenvalue weighted by atomic mass is 16.5. The zero-order valence-corrected chi connectivity index (χ0v) is 16.7. The standard InChI is InChI=1S/C23H27N3O2/c1-17-14-26(15-18(17)2)12-11-19-9-10-22(21(13-19)25-23(27)24-3)28-16-20-7-5-4-6-8-20/h4-10,13-15H,11-12,16H2,1-3H3,(H2,24,25,27). The lowest BCUT2D eigenvalue weighted by Gasteiger charge is -2.14. The molecule has 0 radical (unpaired) electrons. The number of aryl methyl sites for hydroxylation is 4. The molecule has 0 atom stereocenters. The van der Waals surface area contributed by atoms with E-state index in [0.29, 0.717) is 18.0 Å². The molecule has 0 saturated carbocycles. The third-order valence-corrected chi connectivity index (χ3v) is 4.76. The van der Waals surface area contributed by atoms with Gasteiger partial charge in [-0.3, -0.25) is 0 Å². The number of nitrogens with one attached hydrogen (secondary N) is 2. The van der Waals surface area contributed by atoms with Crippen molar-refractivity contribution in [2.24, 2.45) is 0 Å². The van der Waals surface area contributed by atoms with Gasteiger partial charge in [-0.2, -0.15) is 0 Å². The Morgan fingerprint density at radius 3 is 2.39 bits per heavy atom. The second-order valence-electron chi connectivity index (χ2n) is 6.92. The van der Waals surface area contributed by atoms with Crippen LogP contribution in [0, 0.1) is 13.8 Å². The predicted molar refractivity (Wildman–Crippen MR) is 113 cm³/mol. The van der Waals surface area contributed by atoms with Crippen LogP contribution in [-0.2, 0) is 19.6 Å². The van der Waals surface area contributed by atoms with E-state index in [4.69, 9.17) is 4.74 Å². The number of carbonyl (C=O) groups is 1. The van der Waals surface area contributed by atoms with Gasteiger partial charge in [-0.1, -0.05) is 36.4 Å². The van der Waals surface area contributed by atoms with Gasteiger partial charge < -0.3 is 19.9 Å². The van der Waals surface area contributed by atoms with Gasteiger partial charge in [0.1, 0.15) is 12.4 Å². The van der Waals surface area contributed by atoms with Crippen LogP contribution in [0.4, 0.5) is 10.5 Å². The van der Waals surface area contributed by atoms with Crippen LogP contribution in [-0.4, -0.2) is 17.6 Å². The molecule has 1 aromatic heterocycles. The van der Waals surface area contributed by atoms with Gasteiger partial charge in [-0.15, -0.1) is 0 Å². The van der Waals surface area contributed by atoms with Crippen LogP contribution >= 0.6 is 0 Å². The average Bonchev–Trinajstić information content (AvgIpc) is 3.04. The lowest BCUT2D eigenvalue weighted by Crippen LogP contribution is -2.24. The highest BCUT2D eigenvalue weighted by molar-refractivity contribution is 5.90. The fourth-order valence-electron chi connectivity index (χ4n) is 3.00. The lowest BCUT2D eigenvalue weighted by molar-refractivity contribution is 0.253. The number of urea groups is 1. The van der Waals surface area contributed by atoms with Gasteiger partial charge in [0.05, 0.1) is 5.69 Å². The van der Waals surface area contributed by atoms with Crippen LogP contribution in [0.5, 0.6) is 5.75 Å². The van der Waals surface area contributed by atoms with E-state index in [1.54, 1.807) is 7.05 Å². The molecule has 0 unspecified atom stereocenters. The first-order valence-electron chi connectivity index (χ1n) is 9.46. The van der Waals surface area contributed by atoms with Crippen molar-refractivity contribution < 1.29 is 9.53 Å². The monoisotopic (exact) mass is 377 g/mol. The molecule has 28 heavy (non-hydrogen) atoms. The van der Waals surface area contributed by atoms with Crippen LogP contribution in [0.25, 0.3) is 0 Å². The number of carbonyl (C=O) groups excluding carboxylic acids is 1. The average molecular weight is 377 g/mol. The van der Waals surface area contributed by atoms with Crippen molar-refractivity contribution >= 4 is 11.7 Å². The number of rotatable bonds is 7. The quantitative estimate of drug-likeness (QED) is 0.628. The molecule has 0 spiro atoms. The Hall–Kier alpha value is -3.21. The summed E-state index contributed by atoms with van der Waals surface area (Å²) in [5, 5.41) is 5.46. The second-order valence-corrected chi connectivity index (χ2v) is 6.92. The number of hydrogen-bond acceptors (Lipinski definition) is 2. The molecule has 0 aliphatic carbocycles. The van der Waals surface area contributed by atoms with Gasteiger partial charge >= 0.3 is 6.03 Å². The Bertz CT molecular complexity index is 913. The van der Waals surface area contributed by atoms with E-state index in [2.05, 4.69) is 47.5 Å². The number of hydrogen-bond donors (Lipinski definition) is 2. The van der Waals surface area contributed by atoms with E-state index in [-0.39, 0.29) is 6.03 Å². The van der Waals surface area contributed by atoms with Crippen molar-refractivity contribution in [2.75, 3.05) is 12.4 Å². The molecule has 0 saturated heterocycles. The summed E-state index contributed by atoms with van der Waals surface area (Å²) in [6.45, 7) is 5.58. The molecule has 0 fully saturated rings. The smallest absolute Gasteiger partial charge is 0.319 e. The van der Waals surface area contributed by atoms with E-state index in [1.165, 1.54) is 11.1 Å². The lowest BCUT2D eigenvalue weighted by atomic mass is 10.1. The zero-order valence-electron chi connectivity index (χ0n) is 16.7. The SMILES string of the molecule is CNC(=O)Nc1cc(CCn2cc(C)c(C)c2)ccc1OCc1ccccc1. The first-order valence-corrected chi connectivity index (χ1v) is 9.46. The molecule has 5 heteroatoms. The van der Waals surface area contributed by atoms with Crippen LogP contribution in [0.2, 0.25) is 0 Å². The first-order chi connectivity index (χ1) is 13.5. The number of aromatic nitrogens is 1. The van der Waals surface area contributed by atoms with Crippen LogP contribution in [0.15, 0.2) is 60.9 Å². The maximum Gasteiger partial charge on any atom is 0.319 e. The van der Waals surface area contributed by atoms with Crippen LogP contribution in [0.3, 0.4) is 0 Å². The Labute approximate surface area is 166 Å². The third kappa shape index (κ3) is 5.16. The number of anilines is 1. The summed E-state index contributed by atoms with van der Waals surface area (Å²) >= 11 is 0.